The molecule has 0 saturated heterocycles. The third-order valence-electron chi connectivity index (χ3n) is 1.54. The van der Waals surface area contributed by atoms with Crippen molar-refractivity contribution in [3.05, 3.63) is 29.8 Å². The summed E-state index contributed by atoms with van der Waals surface area (Å²) in [6.07, 6.45) is 1.98. The largest absolute Gasteiger partial charge is 0.301 e. The summed E-state index contributed by atoms with van der Waals surface area (Å²) < 4.78 is 14.1. The Morgan fingerprint density at radius 1 is 1.42 bits per heavy atom. The second-order valence-corrected chi connectivity index (χ2v) is 3.96. The van der Waals surface area contributed by atoms with Gasteiger partial charge < -0.3 is 4.08 Å². The van der Waals surface area contributed by atoms with Gasteiger partial charge >= 0.3 is 0 Å². The van der Waals surface area contributed by atoms with Gasteiger partial charge in [-0.2, -0.15) is 0 Å². The maximum atomic E-state index is 12.1. The molecule has 66 valence electrons. The van der Waals surface area contributed by atoms with Crippen LogP contribution in [0, 0.1) is 0 Å². The highest BCUT2D eigenvalue weighted by Gasteiger charge is 1.97. The summed E-state index contributed by atoms with van der Waals surface area (Å²) in [6, 6.07) is 7.39. The van der Waals surface area contributed by atoms with Crippen molar-refractivity contribution >= 4 is 27.0 Å². The van der Waals surface area contributed by atoms with Crippen LogP contribution in [0.2, 0.25) is 0 Å². The van der Waals surface area contributed by atoms with Gasteiger partial charge in [0.2, 0.25) is 0 Å². The van der Waals surface area contributed by atoms with Crippen LogP contribution >= 0.6 is 21.3 Å². The first kappa shape index (κ1) is 9.82. The summed E-state index contributed by atoms with van der Waals surface area (Å²) in [5.41, 5.74) is 1.78. The summed E-state index contributed by atoms with van der Waals surface area (Å²) in [4.78, 5) is 0. The minimum absolute atomic E-state index is 0.392. The van der Waals surface area contributed by atoms with Gasteiger partial charge in [-0.15, -0.1) is 0 Å². The molecule has 0 radical (unpaired) electrons. The summed E-state index contributed by atoms with van der Waals surface area (Å²) in [7, 11) is 2.58. The van der Waals surface area contributed by atoms with Gasteiger partial charge in [0.25, 0.3) is 0 Å². The van der Waals surface area contributed by atoms with E-state index in [-0.39, 0.29) is 0 Å². The molecule has 1 aromatic carbocycles. The SMILES string of the molecule is CSN(P)c1ccc(CF)cc1. The molecule has 0 heterocycles. The third kappa shape index (κ3) is 2.36. The van der Waals surface area contributed by atoms with Gasteiger partial charge in [-0.05, 0) is 27.1 Å². The molecule has 1 unspecified atom stereocenters. The first-order valence-corrected chi connectivity index (χ1v) is 5.21. The molecule has 1 aromatic rings. The van der Waals surface area contributed by atoms with Crippen molar-refractivity contribution in [3.63, 3.8) is 0 Å². The van der Waals surface area contributed by atoms with Gasteiger partial charge in [0.05, 0.1) is 5.69 Å². The minimum Gasteiger partial charge on any atom is -0.301 e. The maximum Gasteiger partial charge on any atom is 0.115 e. The first-order chi connectivity index (χ1) is 5.77. The van der Waals surface area contributed by atoms with Gasteiger partial charge in [-0.1, -0.05) is 24.1 Å². The fraction of sp³-hybridized carbons (Fsp3) is 0.250. The predicted octanol–water partition coefficient (Wildman–Crippen LogP) is 3.03. The lowest BCUT2D eigenvalue weighted by Gasteiger charge is -2.14. The summed E-state index contributed by atoms with van der Waals surface area (Å²) >= 11 is 1.59. The molecule has 1 nitrogen and oxygen atoms in total. The molecule has 0 spiro atoms. The molecular formula is C8H11FNPS. The van der Waals surface area contributed by atoms with E-state index in [1.54, 1.807) is 24.1 Å². The third-order valence-corrected chi connectivity index (χ3v) is 3.08. The highest BCUT2D eigenvalue weighted by Crippen LogP contribution is 2.24. The molecule has 0 N–H and O–H groups in total. The van der Waals surface area contributed by atoms with Gasteiger partial charge in [0.15, 0.2) is 0 Å². The molecule has 0 bridgehead atoms. The minimum atomic E-state index is -0.392. The second-order valence-electron chi connectivity index (χ2n) is 2.31. The van der Waals surface area contributed by atoms with E-state index in [9.17, 15) is 4.39 Å². The van der Waals surface area contributed by atoms with Crippen LogP contribution < -0.4 is 4.08 Å². The monoisotopic (exact) mass is 203 g/mol. The average Bonchev–Trinajstić information content (AvgIpc) is 2.17. The molecule has 0 saturated carbocycles. The van der Waals surface area contributed by atoms with E-state index in [0.717, 1.165) is 11.3 Å². The lowest BCUT2D eigenvalue weighted by atomic mass is 10.2. The van der Waals surface area contributed by atoms with Crippen molar-refractivity contribution in [2.45, 2.75) is 6.67 Å². The molecule has 1 atom stereocenters. The summed E-state index contributed by atoms with van der Waals surface area (Å²) in [5, 5.41) is 0. The molecule has 0 aliphatic heterocycles. The van der Waals surface area contributed by atoms with Crippen LogP contribution in [0.3, 0.4) is 0 Å². The Morgan fingerprint density at radius 2 is 2.00 bits per heavy atom. The smallest absolute Gasteiger partial charge is 0.115 e. The number of anilines is 1. The Labute approximate surface area is 78.7 Å². The van der Waals surface area contributed by atoms with Crippen molar-refractivity contribution in [3.8, 4) is 0 Å². The molecule has 0 aliphatic rings. The molecule has 0 fully saturated rings. The number of rotatable bonds is 3. The van der Waals surface area contributed by atoms with Gasteiger partial charge in [-0.3, -0.25) is 0 Å². The zero-order chi connectivity index (χ0) is 8.97. The van der Waals surface area contributed by atoms with Crippen molar-refractivity contribution in [2.75, 3.05) is 10.3 Å². The van der Waals surface area contributed by atoms with Crippen LogP contribution in [0.1, 0.15) is 5.56 Å². The topological polar surface area (TPSA) is 3.24 Å². The van der Waals surface area contributed by atoms with Crippen LogP contribution in [-0.4, -0.2) is 6.26 Å². The molecule has 0 amide bonds. The number of halogens is 1. The van der Waals surface area contributed by atoms with E-state index in [1.807, 2.05) is 22.5 Å². The van der Waals surface area contributed by atoms with Gasteiger partial charge in [0, 0.05) is 6.26 Å². The zero-order valence-electron chi connectivity index (χ0n) is 6.83. The normalized spacial score (nSPS) is 9.92. The Kier molecular flexibility index (Phi) is 3.83. The van der Waals surface area contributed by atoms with Crippen molar-refractivity contribution in [2.24, 2.45) is 0 Å². The second kappa shape index (κ2) is 4.68. The van der Waals surface area contributed by atoms with E-state index in [2.05, 4.69) is 9.39 Å². The Bertz CT molecular complexity index is 239. The maximum absolute atomic E-state index is 12.1. The Hall–Kier alpha value is -0.270. The van der Waals surface area contributed by atoms with Crippen molar-refractivity contribution in [1.82, 2.24) is 0 Å². The fourth-order valence-electron chi connectivity index (χ4n) is 0.837. The molecule has 0 aromatic heterocycles. The number of nitrogens with zero attached hydrogens (tertiary/aromatic N) is 1. The van der Waals surface area contributed by atoms with Crippen LogP contribution in [0.25, 0.3) is 0 Å². The van der Waals surface area contributed by atoms with Gasteiger partial charge in [0.1, 0.15) is 6.67 Å². The molecule has 1 rings (SSSR count). The Balaban J connectivity index is 2.77. The van der Waals surface area contributed by atoms with Gasteiger partial charge in [-0.25, -0.2) is 4.39 Å². The molecule has 12 heavy (non-hydrogen) atoms. The van der Waals surface area contributed by atoms with Crippen LogP contribution in [-0.2, 0) is 6.67 Å². The summed E-state index contributed by atoms with van der Waals surface area (Å²) in [5.74, 6) is 0. The number of hydrogen-bond donors (Lipinski definition) is 0. The van der Waals surface area contributed by atoms with Crippen molar-refractivity contribution < 1.29 is 4.39 Å². The Morgan fingerprint density at radius 3 is 2.42 bits per heavy atom. The zero-order valence-corrected chi connectivity index (χ0v) is 8.80. The lowest BCUT2D eigenvalue weighted by Crippen LogP contribution is -1.95. The van der Waals surface area contributed by atoms with E-state index in [1.165, 1.54) is 0 Å². The number of benzene rings is 1. The van der Waals surface area contributed by atoms with Crippen LogP contribution in [0.5, 0.6) is 0 Å². The number of alkyl halides is 1. The highest BCUT2D eigenvalue weighted by atomic mass is 32.2. The summed E-state index contributed by atoms with van der Waals surface area (Å²) in [6.45, 7) is -0.392. The van der Waals surface area contributed by atoms with Crippen molar-refractivity contribution in [1.29, 1.82) is 0 Å². The van der Waals surface area contributed by atoms with E-state index in [4.69, 9.17) is 0 Å². The van der Waals surface area contributed by atoms with Crippen LogP contribution in [0.15, 0.2) is 24.3 Å². The average molecular weight is 203 g/mol. The fourth-order valence-corrected chi connectivity index (χ4v) is 1.34. The van der Waals surface area contributed by atoms with Crippen LogP contribution in [0.4, 0.5) is 10.1 Å². The standard InChI is InChI=1S/C8H11FNPS/c1-12-10(11)8-4-2-7(6-9)3-5-8/h2-5H,6,11H2,1H3. The molecule has 4 heteroatoms. The molecule has 0 aliphatic carbocycles. The quantitative estimate of drug-likeness (QED) is 0.548. The predicted molar refractivity (Wildman–Crippen MR) is 57.0 cm³/mol. The lowest BCUT2D eigenvalue weighted by molar-refractivity contribution is 0.485. The van der Waals surface area contributed by atoms with E-state index >= 15 is 0 Å². The van der Waals surface area contributed by atoms with E-state index in [0.29, 0.717) is 0 Å². The molecular weight excluding hydrogens is 192 g/mol. The number of hydrogen-bond acceptors (Lipinski definition) is 2. The van der Waals surface area contributed by atoms with E-state index < -0.39 is 6.67 Å². The highest BCUT2D eigenvalue weighted by molar-refractivity contribution is 8.03. The first-order valence-electron chi connectivity index (χ1n) is 3.51.